The highest BCUT2D eigenvalue weighted by atomic mass is 16.7. The van der Waals surface area contributed by atoms with Crippen molar-refractivity contribution in [2.75, 3.05) is 25.8 Å². The van der Waals surface area contributed by atoms with Crippen molar-refractivity contribution >= 4 is 23.6 Å². The van der Waals surface area contributed by atoms with E-state index in [0.717, 1.165) is 5.56 Å². The average molecular weight is 386 g/mol. The van der Waals surface area contributed by atoms with Gasteiger partial charge in [-0.15, -0.1) is 0 Å². The number of fused-ring (bicyclic) bond motifs is 1. The van der Waals surface area contributed by atoms with Crippen LogP contribution in [0.3, 0.4) is 0 Å². The van der Waals surface area contributed by atoms with Crippen LogP contribution in [0.2, 0.25) is 0 Å². The minimum absolute atomic E-state index is 0.114. The number of carbonyl (C=O) groups is 3. The van der Waals surface area contributed by atoms with Crippen LogP contribution in [0.25, 0.3) is 0 Å². The lowest BCUT2D eigenvalue weighted by Crippen LogP contribution is -2.37. The normalized spacial score (nSPS) is 11.6. The summed E-state index contributed by atoms with van der Waals surface area (Å²) in [6.07, 6.45) is 0. The second-order valence-corrected chi connectivity index (χ2v) is 5.78. The zero-order valence-corrected chi connectivity index (χ0v) is 15.0. The minimum atomic E-state index is -0.764. The molecule has 0 atom stereocenters. The van der Waals surface area contributed by atoms with Gasteiger partial charge in [0.2, 0.25) is 6.79 Å². The van der Waals surface area contributed by atoms with Gasteiger partial charge in [-0.25, -0.2) is 9.59 Å². The molecule has 0 bridgehead atoms. The van der Waals surface area contributed by atoms with Crippen molar-refractivity contribution in [3.63, 3.8) is 0 Å². The summed E-state index contributed by atoms with van der Waals surface area (Å²) >= 11 is 0. The monoisotopic (exact) mass is 386 g/mol. The fourth-order valence-electron chi connectivity index (χ4n) is 2.47. The predicted molar refractivity (Wildman–Crippen MR) is 97.2 cm³/mol. The van der Waals surface area contributed by atoms with Crippen LogP contribution in [0.15, 0.2) is 42.5 Å². The molecular formula is C19H18N2O7. The number of esters is 1. The number of ether oxygens (including phenoxy) is 4. The van der Waals surface area contributed by atoms with Gasteiger partial charge < -0.3 is 24.3 Å². The minimum Gasteiger partial charge on any atom is -0.454 e. The Bertz CT molecular complexity index is 898. The van der Waals surface area contributed by atoms with Crippen molar-refractivity contribution in [1.29, 1.82) is 0 Å². The van der Waals surface area contributed by atoms with Crippen LogP contribution >= 0.6 is 0 Å². The second-order valence-electron chi connectivity index (χ2n) is 5.78. The first-order valence-electron chi connectivity index (χ1n) is 8.30. The summed E-state index contributed by atoms with van der Waals surface area (Å²) in [5.74, 6) is -0.374. The van der Waals surface area contributed by atoms with E-state index in [1.165, 1.54) is 0 Å². The van der Waals surface area contributed by atoms with Gasteiger partial charge in [-0.1, -0.05) is 12.1 Å². The molecule has 1 heterocycles. The molecule has 28 heavy (non-hydrogen) atoms. The van der Waals surface area contributed by atoms with Crippen LogP contribution in [0.4, 0.5) is 10.5 Å². The number of imide groups is 1. The molecule has 146 valence electrons. The van der Waals surface area contributed by atoms with Gasteiger partial charge >= 0.3 is 12.0 Å². The van der Waals surface area contributed by atoms with Crippen LogP contribution in [-0.2, 0) is 20.9 Å². The Kier molecular flexibility index (Phi) is 6.07. The summed E-state index contributed by atoms with van der Waals surface area (Å²) in [6, 6.07) is 10.7. The number of nitrogens with one attached hydrogen (secondary N) is 2. The van der Waals surface area contributed by atoms with E-state index in [9.17, 15) is 14.4 Å². The van der Waals surface area contributed by atoms with Gasteiger partial charge in [0.05, 0.1) is 12.2 Å². The first kappa shape index (κ1) is 19.2. The van der Waals surface area contributed by atoms with Crippen LogP contribution in [0, 0.1) is 0 Å². The zero-order valence-electron chi connectivity index (χ0n) is 15.0. The molecule has 3 amide bonds. The number of benzene rings is 2. The number of urea groups is 1. The molecular weight excluding hydrogens is 368 g/mol. The SMILES string of the molecule is COCc1cccc(C(=O)OCC(=O)NC(=O)Nc2ccc3c(c2)OCO3)c1. The standard InChI is InChI=1S/C19H18N2O7/c1-25-9-12-3-2-4-13(7-12)18(23)26-10-17(22)21-19(24)20-14-5-6-15-16(8-14)28-11-27-15/h2-8H,9-11H2,1H3,(H2,20,21,22,24). The van der Waals surface area contributed by atoms with Gasteiger partial charge in [0.15, 0.2) is 18.1 Å². The van der Waals surface area contributed by atoms with Gasteiger partial charge in [-0.05, 0) is 29.8 Å². The van der Waals surface area contributed by atoms with Crippen LogP contribution in [-0.4, -0.2) is 38.4 Å². The molecule has 2 aromatic rings. The molecule has 2 N–H and O–H groups in total. The molecule has 0 radical (unpaired) electrons. The molecule has 9 nitrogen and oxygen atoms in total. The van der Waals surface area contributed by atoms with Crippen LogP contribution in [0.5, 0.6) is 11.5 Å². The van der Waals surface area contributed by atoms with Crippen molar-refractivity contribution < 1.29 is 33.3 Å². The van der Waals surface area contributed by atoms with E-state index in [1.54, 1.807) is 49.6 Å². The summed E-state index contributed by atoms with van der Waals surface area (Å²) in [5.41, 5.74) is 1.50. The molecule has 2 aromatic carbocycles. The topological polar surface area (TPSA) is 112 Å². The highest BCUT2D eigenvalue weighted by Gasteiger charge is 2.16. The molecule has 3 rings (SSSR count). The maximum absolute atomic E-state index is 12.0. The van der Waals surface area contributed by atoms with Crippen LogP contribution < -0.4 is 20.1 Å². The highest BCUT2D eigenvalue weighted by Crippen LogP contribution is 2.34. The van der Waals surface area contributed by atoms with Crippen molar-refractivity contribution in [2.45, 2.75) is 6.61 Å². The molecule has 0 aliphatic carbocycles. The van der Waals surface area contributed by atoms with Gasteiger partial charge in [-0.2, -0.15) is 0 Å². The number of rotatable bonds is 6. The molecule has 0 fully saturated rings. The molecule has 9 heteroatoms. The third-order valence-corrected chi connectivity index (χ3v) is 3.69. The zero-order chi connectivity index (χ0) is 19.9. The van der Waals surface area contributed by atoms with E-state index in [0.29, 0.717) is 23.8 Å². The van der Waals surface area contributed by atoms with Crippen molar-refractivity contribution in [3.05, 3.63) is 53.6 Å². The quantitative estimate of drug-likeness (QED) is 0.731. The summed E-state index contributed by atoms with van der Waals surface area (Å²) in [5, 5.41) is 4.56. The lowest BCUT2D eigenvalue weighted by molar-refractivity contribution is -0.123. The van der Waals surface area contributed by atoms with Crippen molar-refractivity contribution in [1.82, 2.24) is 5.32 Å². The lowest BCUT2D eigenvalue weighted by Gasteiger charge is -2.08. The highest BCUT2D eigenvalue weighted by molar-refractivity contribution is 6.02. The maximum Gasteiger partial charge on any atom is 0.338 e. The fourth-order valence-corrected chi connectivity index (χ4v) is 2.47. The summed E-state index contributed by atoms with van der Waals surface area (Å²) in [7, 11) is 1.55. The summed E-state index contributed by atoms with van der Waals surface area (Å²) < 4.78 is 20.3. The van der Waals surface area contributed by atoms with E-state index in [-0.39, 0.29) is 12.4 Å². The number of methoxy groups -OCH3 is 1. The Labute approximate surface area is 160 Å². The first-order chi connectivity index (χ1) is 13.5. The number of anilines is 1. The summed E-state index contributed by atoms with van der Waals surface area (Å²) in [6.45, 7) is -0.132. The third-order valence-electron chi connectivity index (χ3n) is 3.69. The number of hydrogen-bond donors (Lipinski definition) is 2. The Morgan fingerprint density at radius 1 is 1.07 bits per heavy atom. The van der Waals surface area contributed by atoms with E-state index in [1.807, 2.05) is 0 Å². The van der Waals surface area contributed by atoms with Crippen molar-refractivity contribution in [2.24, 2.45) is 0 Å². The second kappa shape index (κ2) is 8.87. The predicted octanol–water partition coefficient (Wildman–Crippen LogP) is 2.07. The number of hydrogen-bond acceptors (Lipinski definition) is 7. The Morgan fingerprint density at radius 2 is 1.89 bits per heavy atom. The average Bonchev–Trinajstić information content (AvgIpc) is 3.14. The number of amides is 3. The van der Waals surface area contributed by atoms with Gasteiger partial charge in [0.1, 0.15) is 0 Å². The van der Waals surface area contributed by atoms with Crippen LogP contribution in [0.1, 0.15) is 15.9 Å². The molecule has 1 aliphatic rings. The van der Waals surface area contributed by atoms with Gasteiger partial charge in [0, 0.05) is 18.9 Å². The van der Waals surface area contributed by atoms with E-state index in [4.69, 9.17) is 18.9 Å². The molecule has 0 saturated heterocycles. The molecule has 0 unspecified atom stereocenters. The fraction of sp³-hybridized carbons (Fsp3) is 0.211. The largest absolute Gasteiger partial charge is 0.454 e. The van der Waals surface area contributed by atoms with Crippen molar-refractivity contribution in [3.8, 4) is 11.5 Å². The number of carbonyl (C=O) groups excluding carboxylic acids is 3. The Hall–Kier alpha value is -3.59. The molecule has 0 aromatic heterocycles. The first-order valence-corrected chi connectivity index (χ1v) is 8.30. The lowest BCUT2D eigenvalue weighted by atomic mass is 10.1. The molecule has 1 aliphatic heterocycles. The van der Waals surface area contributed by atoms with Gasteiger partial charge in [-0.3, -0.25) is 10.1 Å². The van der Waals surface area contributed by atoms with E-state index in [2.05, 4.69) is 10.6 Å². The third kappa shape index (κ3) is 4.98. The molecule has 0 spiro atoms. The maximum atomic E-state index is 12.0. The molecule has 0 saturated carbocycles. The van der Waals surface area contributed by atoms with E-state index >= 15 is 0 Å². The Morgan fingerprint density at radius 3 is 2.71 bits per heavy atom. The van der Waals surface area contributed by atoms with Gasteiger partial charge in [0.25, 0.3) is 5.91 Å². The van der Waals surface area contributed by atoms with E-state index < -0.39 is 24.5 Å². The smallest absolute Gasteiger partial charge is 0.338 e. The Balaban J connectivity index is 1.46. The summed E-state index contributed by atoms with van der Waals surface area (Å²) in [4.78, 5) is 35.7.